The summed E-state index contributed by atoms with van der Waals surface area (Å²) in [6, 6.07) is 14.1. The number of carbonyl (C=O) groups is 1. The fraction of sp³-hybridized carbons (Fsp3) is 0.391. The number of halogens is 2. The van der Waals surface area contributed by atoms with Crippen LogP contribution in [0.15, 0.2) is 53.5 Å². The first-order chi connectivity index (χ1) is 15.1. The molecule has 2 aromatic rings. The van der Waals surface area contributed by atoms with Gasteiger partial charge < -0.3 is 25.2 Å². The number of benzene rings is 2. The summed E-state index contributed by atoms with van der Waals surface area (Å²) in [6.45, 7) is 4.61. The molecule has 174 valence electrons. The first-order valence-corrected chi connectivity index (χ1v) is 10.4. The van der Waals surface area contributed by atoms with Gasteiger partial charge in [0.25, 0.3) is 0 Å². The van der Waals surface area contributed by atoms with Gasteiger partial charge in [0.1, 0.15) is 11.6 Å². The van der Waals surface area contributed by atoms with E-state index in [0.717, 1.165) is 43.5 Å². The smallest absolute Gasteiger partial charge is 0.224 e. The molecule has 0 unspecified atom stereocenters. The summed E-state index contributed by atoms with van der Waals surface area (Å²) in [6.07, 6.45) is 0.238. The van der Waals surface area contributed by atoms with Crippen LogP contribution in [-0.4, -0.2) is 70.2 Å². The Labute approximate surface area is 206 Å². The largest absolute Gasteiger partial charge is 0.497 e. The SMILES string of the molecule is CN=C(NCCNC(=O)Cc1ccc(F)cc1)N1CCN(c2ccc(OC)cc2)CC1.I. The second kappa shape index (κ2) is 13.1. The van der Waals surface area contributed by atoms with E-state index >= 15 is 0 Å². The Bertz CT molecular complexity index is 869. The topological polar surface area (TPSA) is 69.2 Å². The van der Waals surface area contributed by atoms with Gasteiger partial charge in [-0.15, -0.1) is 24.0 Å². The molecule has 1 saturated heterocycles. The van der Waals surface area contributed by atoms with Crippen molar-refractivity contribution >= 4 is 41.5 Å². The highest BCUT2D eigenvalue weighted by Crippen LogP contribution is 2.20. The maximum Gasteiger partial charge on any atom is 0.224 e. The summed E-state index contributed by atoms with van der Waals surface area (Å²) in [5.74, 6) is 1.31. The molecule has 9 heteroatoms. The van der Waals surface area contributed by atoms with Crippen LogP contribution in [0, 0.1) is 5.82 Å². The van der Waals surface area contributed by atoms with Crippen molar-refractivity contribution in [2.75, 3.05) is 58.3 Å². The maximum atomic E-state index is 12.9. The van der Waals surface area contributed by atoms with E-state index in [1.54, 1.807) is 26.3 Å². The lowest BCUT2D eigenvalue weighted by atomic mass is 10.1. The number of guanidine groups is 1. The van der Waals surface area contributed by atoms with Gasteiger partial charge in [0.2, 0.25) is 5.91 Å². The Kier molecular flexibility index (Phi) is 10.5. The van der Waals surface area contributed by atoms with Crippen molar-refractivity contribution in [2.45, 2.75) is 6.42 Å². The number of nitrogens with one attached hydrogen (secondary N) is 2. The molecule has 1 heterocycles. The van der Waals surface area contributed by atoms with E-state index in [4.69, 9.17) is 4.74 Å². The third-order valence-corrected chi connectivity index (χ3v) is 5.24. The molecule has 0 saturated carbocycles. The highest BCUT2D eigenvalue weighted by atomic mass is 127. The molecule has 0 aromatic heterocycles. The van der Waals surface area contributed by atoms with E-state index in [-0.39, 0.29) is 42.1 Å². The number of piperazine rings is 1. The van der Waals surface area contributed by atoms with Gasteiger partial charge >= 0.3 is 0 Å². The Morgan fingerprint density at radius 2 is 1.62 bits per heavy atom. The van der Waals surface area contributed by atoms with Gasteiger partial charge in [-0.3, -0.25) is 9.79 Å². The third-order valence-electron chi connectivity index (χ3n) is 5.24. The zero-order valence-electron chi connectivity index (χ0n) is 18.5. The Morgan fingerprint density at radius 1 is 1.00 bits per heavy atom. The molecule has 1 aliphatic rings. The summed E-state index contributed by atoms with van der Waals surface area (Å²) in [4.78, 5) is 21.0. The molecule has 1 amide bonds. The van der Waals surface area contributed by atoms with Crippen molar-refractivity contribution in [3.63, 3.8) is 0 Å². The van der Waals surface area contributed by atoms with Gasteiger partial charge in [0, 0.05) is 52.0 Å². The van der Waals surface area contributed by atoms with Crippen LogP contribution in [0.5, 0.6) is 5.75 Å². The zero-order valence-corrected chi connectivity index (χ0v) is 20.8. The number of rotatable bonds is 7. The van der Waals surface area contributed by atoms with E-state index in [2.05, 4.69) is 37.6 Å². The Balaban J connectivity index is 0.00000363. The lowest BCUT2D eigenvalue weighted by Gasteiger charge is -2.37. The van der Waals surface area contributed by atoms with Crippen LogP contribution in [0.1, 0.15) is 5.56 Å². The number of nitrogens with zero attached hydrogens (tertiary/aromatic N) is 3. The molecule has 2 N–H and O–H groups in total. The molecule has 2 aromatic carbocycles. The number of anilines is 1. The lowest BCUT2D eigenvalue weighted by molar-refractivity contribution is -0.120. The molecular weight excluding hydrogens is 524 g/mol. The number of aliphatic imine (C=N–C) groups is 1. The van der Waals surface area contributed by atoms with Crippen LogP contribution in [0.2, 0.25) is 0 Å². The fourth-order valence-electron chi connectivity index (χ4n) is 3.53. The molecule has 32 heavy (non-hydrogen) atoms. The van der Waals surface area contributed by atoms with Gasteiger partial charge in [-0.25, -0.2) is 4.39 Å². The molecular formula is C23H31FIN5O2. The van der Waals surface area contributed by atoms with Crippen LogP contribution >= 0.6 is 24.0 Å². The van der Waals surface area contributed by atoms with Crippen LogP contribution < -0.4 is 20.3 Å². The number of amides is 1. The second-order valence-electron chi connectivity index (χ2n) is 7.30. The standard InChI is InChI=1S/C23H30FN5O2.HI/c1-25-23(27-12-11-26-22(30)17-18-3-5-19(24)6-4-18)29-15-13-28(14-16-29)20-7-9-21(31-2)10-8-20;/h3-10H,11-17H2,1-2H3,(H,25,27)(H,26,30);1H. The average Bonchev–Trinajstić information content (AvgIpc) is 2.81. The van der Waals surface area contributed by atoms with Gasteiger partial charge in [-0.05, 0) is 42.0 Å². The first kappa shape index (κ1) is 25.7. The minimum absolute atomic E-state index is 0. The van der Waals surface area contributed by atoms with E-state index in [9.17, 15) is 9.18 Å². The number of hydrogen-bond acceptors (Lipinski definition) is 4. The Morgan fingerprint density at radius 3 is 2.22 bits per heavy atom. The predicted octanol–water partition coefficient (Wildman–Crippen LogP) is 2.51. The fourth-order valence-corrected chi connectivity index (χ4v) is 3.53. The molecule has 7 nitrogen and oxygen atoms in total. The van der Waals surface area contributed by atoms with E-state index in [0.29, 0.717) is 13.1 Å². The van der Waals surface area contributed by atoms with Crippen molar-refractivity contribution < 1.29 is 13.9 Å². The molecule has 1 fully saturated rings. The average molecular weight is 555 g/mol. The van der Waals surface area contributed by atoms with Crippen LogP contribution in [0.4, 0.5) is 10.1 Å². The van der Waals surface area contributed by atoms with Crippen molar-refractivity contribution in [1.82, 2.24) is 15.5 Å². The predicted molar refractivity (Wildman–Crippen MR) is 137 cm³/mol. The van der Waals surface area contributed by atoms with Crippen molar-refractivity contribution in [1.29, 1.82) is 0 Å². The van der Waals surface area contributed by atoms with Gasteiger partial charge in [-0.2, -0.15) is 0 Å². The summed E-state index contributed by atoms with van der Waals surface area (Å²) in [7, 11) is 3.44. The van der Waals surface area contributed by atoms with Crippen LogP contribution in [0.3, 0.4) is 0 Å². The minimum atomic E-state index is -0.301. The molecule has 0 aliphatic carbocycles. The molecule has 0 spiro atoms. The van der Waals surface area contributed by atoms with E-state index in [1.807, 2.05) is 12.1 Å². The van der Waals surface area contributed by atoms with Crippen molar-refractivity contribution in [3.05, 3.63) is 59.9 Å². The summed E-state index contributed by atoms with van der Waals surface area (Å²) in [5, 5.41) is 6.19. The highest BCUT2D eigenvalue weighted by Gasteiger charge is 2.19. The van der Waals surface area contributed by atoms with E-state index < -0.39 is 0 Å². The molecule has 0 radical (unpaired) electrons. The van der Waals surface area contributed by atoms with Crippen molar-refractivity contribution in [3.8, 4) is 5.75 Å². The monoisotopic (exact) mass is 555 g/mol. The zero-order chi connectivity index (χ0) is 22.1. The molecule has 0 atom stereocenters. The number of carbonyl (C=O) groups excluding carboxylic acids is 1. The molecule has 3 rings (SSSR count). The first-order valence-electron chi connectivity index (χ1n) is 10.4. The quantitative estimate of drug-likeness (QED) is 0.238. The van der Waals surface area contributed by atoms with Gasteiger partial charge in [-0.1, -0.05) is 12.1 Å². The number of hydrogen-bond donors (Lipinski definition) is 2. The van der Waals surface area contributed by atoms with Gasteiger partial charge in [0.05, 0.1) is 13.5 Å². The summed E-state index contributed by atoms with van der Waals surface area (Å²) in [5.41, 5.74) is 1.98. The second-order valence-corrected chi connectivity index (χ2v) is 7.30. The number of methoxy groups -OCH3 is 1. The van der Waals surface area contributed by atoms with Crippen molar-refractivity contribution in [2.24, 2.45) is 4.99 Å². The summed E-state index contributed by atoms with van der Waals surface area (Å²) < 4.78 is 18.2. The highest BCUT2D eigenvalue weighted by molar-refractivity contribution is 14.0. The normalized spacial score (nSPS) is 13.9. The molecule has 0 bridgehead atoms. The maximum absolute atomic E-state index is 12.9. The van der Waals surface area contributed by atoms with Gasteiger partial charge in [0.15, 0.2) is 5.96 Å². The van der Waals surface area contributed by atoms with Crippen LogP contribution in [-0.2, 0) is 11.2 Å². The Hall–Kier alpha value is -2.56. The molecule has 1 aliphatic heterocycles. The third kappa shape index (κ3) is 7.54. The summed E-state index contributed by atoms with van der Waals surface area (Å²) >= 11 is 0. The lowest BCUT2D eigenvalue weighted by Crippen LogP contribution is -2.53. The van der Waals surface area contributed by atoms with E-state index in [1.165, 1.54) is 17.8 Å². The minimum Gasteiger partial charge on any atom is -0.497 e. The number of ether oxygens (including phenoxy) is 1. The van der Waals surface area contributed by atoms with Crippen LogP contribution in [0.25, 0.3) is 0 Å².